The molecule has 4 nitrogen and oxygen atoms in total. The van der Waals surface area contributed by atoms with E-state index in [1.54, 1.807) is 24.3 Å². The molecule has 1 amide bonds. The lowest BCUT2D eigenvalue weighted by molar-refractivity contribution is -0.885. The Hall–Kier alpha value is -2.71. The van der Waals surface area contributed by atoms with Gasteiger partial charge < -0.3 is 10.2 Å². The zero-order valence-electron chi connectivity index (χ0n) is 12.3. The third kappa shape index (κ3) is 4.69. The maximum Gasteiger partial charge on any atom is 0.279 e. The predicted octanol–water partition coefficient (Wildman–Crippen LogP) is 1.35. The third-order valence-electron chi connectivity index (χ3n) is 3.16. The van der Waals surface area contributed by atoms with E-state index in [1.807, 2.05) is 19.2 Å². The summed E-state index contributed by atoms with van der Waals surface area (Å²) in [5.41, 5.74) is 2.12. The van der Waals surface area contributed by atoms with E-state index in [4.69, 9.17) is 5.26 Å². The third-order valence-corrected chi connectivity index (χ3v) is 3.16. The fraction of sp³-hybridized carbons (Fsp3) is 0.176. The molecule has 2 aromatic carbocycles. The number of likely N-dealkylation sites (N-methyl/N-ethyl adjacent to an activating group) is 1. The summed E-state index contributed by atoms with van der Waals surface area (Å²) in [4.78, 5) is 12.9. The average molecular weight is 298 g/mol. The van der Waals surface area contributed by atoms with Gasteiger partial charge in [0.05, 0.1) is 18.7 Å². The van der Waals surface area contributed by atoms with Crippen LogP contribution in [0.2, 0.25) is 0 Å². The zero-order valence-corrected chi connectivity index (χ0v) is 12.3. The Balaban J connectivity index is 1.86. The molecule has 0 saturated heterocycles. The number of quaternary nitrogens is 1. The van der Waals surface area contributed by atoms with Crippen LogP contribution >= 0.6 is 0 Å². The average Bonchev–Trinajstić information content (AvgIpc) is 2.47. The van der Waals surface area contributed by atoms with Gasteiger partial charge in [0.1, 0.15) is 12.4 Å². The molecule has 0 aliphatic carbocycles. The molecule has 22 heavy (non-hydrogen) atoms. The maximum absolute atomic E-state index is 13.1. The van der Waals surface area contributed by atoms with Gasteiger partial charge in [0, 0.05) is 11.3 Å². The first kappa shape index (κ1) is 15.7. The second-order valence-electron chi connectivity index (χ2n) is 5.18. The largest absolute Gasteiger partial charge is 0.326 e. The molecular formula is C17H17FN3O+. The molecule has 5 heteroatoms. The monoisotopic (exact) mass is 298 g/mol. The first-order valence-corrected chi connectivity index (χ1v) is 6.92. The standard InChI is InChI=1S/C17H16FN3O/c1-21(11-14-7-5-13(10-19)6-8-14)12-17(22)20-16-4-2-3-15(18)9-16/h2-9H,11-12H2,1H3,(H,20,22)/p+1. The van der Waals surface area contributed by atoms with E-state index < -0.39 is 0 Å². The molecule has 0 spiro atoms. The van der Waals surface area contributed by atoms with Crippen molar-refractivity contribution in [1.29, 1.82) is 5.26 Å². The number of nitrogens with one attached hydrogen (secondary N) is 2. The van der Waals surface area contributed by atoms with E-state index in [1.165, 1.54) is 12.1 Å². The van der Waals surface area contributed by atoms with Gasteiger partial charge in [-0.2, -0.15) is 5.26 Å². The highest BCUT2D eigenvalue weighted by Crippen LogP contribution is 2.08. The van der Waals surface area contributed by atoms with E-state index in [0.717, 1.165) is 10.5 Å². The summed E-state index contributed by atoms with van der Waals surface area (Å²) in [5, 5.41) is 11.4. The Morgan fingerprint density at radius 1 is 1.27 bits per heavy atom. The predicted molar refractivity (Wildman–Crippen MR) is 81.6 cm³/mol. The number of carbonyl (C=O) groups is 1. The second-order valence-corrected chi connectivity index (χ2v) is 5.18. The van der Waals surface area contributed by atoms with E-state index in [0.29, 0.717) is 17.8 Å². The van der Waals surface area contributed by atoms with Crippen LogP contribution in [0, 0.1) is 17.1 Å². The molecule has 0 aromatic heterocycles. The number of anilines is 1. The summed E-state index contributed by atoms with van der Waals surface area (Å²) in [6.45, 7) is 0.943. The Morgan fingerprint density at radius 3 is 2.64 bits per heavy atom. The molecule has 1 unspecified atom stereocenters. The van der Waals surface area contributed by atoms with Crippen molar-refractivity contribution in [2.75, 3.05) is 18.9 Å². The van der Waals surface area contributed by atoms with Crippen LogP contribution < -0.4 is 10.2 Å². The molecule has 2 N–H and O–H groups in total. The zero-order chi connectivity index (χ0) is 15.9. The topological polar surface area (TPSA) is 57.3 Å². The Bertz CT molecular complexity index is 692. The van der Waals surface area contributed by atoms with Crippen molar-refractivity contribution in [3.63, 3.8) is 0 Å². The molecule has 0 fully saturated rings. The van der Waals surface area contributed by atoms with Crippen LogP contribution in [-0.4, -0.2) is 19.5 Å². The number of nitrogens with zero attached hydrogens (tertiary/aromatic N) is 1. The van der Waals surface area contributed by atoms with Gasteiger partial charge in [-0.25, -0.2) is 4.39 Å². The number of carbonyl (C=O) groups excluding carboxylic acids is 1. The van der Waals surface area contributed by atoms with Gasteiger partial charge in [-0.05, 0) is 30.3 Å². The molecule has 2 rings (SSSR count). The van der Waals surface area contributed by atoms with Crippen LogP contribution in [0.1, 0.15) is 11.1 Å². The number of nitriles is 1. The molecule has 112 valence electrons. The summed E-state index contributed by atoms with van der Waals surface area (Å²) >= 11 is 0. The van der Waals surface area contributed by atoms with Crippen molar-refractivity contribution in [2.45, 2.75) is 6.54 Å². The van der Waals surface area contributed by atoms with Gasteiger partial charge in [-0.3, -0.25) is 4.79 Å². The number of benzene rings is 2. The normalized spacial score (nSPS) is 11.5. The van der Waals surface area contributed by atoms with Crippen molar-refractivity contribution < 1.29 is 14.1 Å². The number of amides is 1. The van der Waals surface area contributed by atoms with Gasteiger partial charge in [0.25, 0.3) is 5.91 Å². The highest BCUT2D eigenvalue weighted by molar-refractivity contribution is 5.91. The van der Waals surface area contributed by atoms with Crippen LogP contribution in [0.15, 0.2) is 48.5 Å². The lowest BCUT2D eigenvalue weighted by Gasteiger charge is -2.14. The van der Waals surface area contributed by atoms with Crippen LogP contribution in [0.3, 0.4) is 0 Å². The van der Waals surface area contributed by atoms with Gasteiger partial charge >= 0.3 is 0 Å². The number of hydrogen-bond acceptors (Lipinski definition) is 2. The van der Waals surface area contributed by atoms with Crippen LogP contribution in [0.4, 0.5) is 10.1 Å². The van der Waals surface area contributed by atoms with Gasteiger partial charge in [-0.1, -0.05) is 18.2 Å². The fourth-order valence-corrected chi connectivity index (χ4v) is 2.15. The van der Waals surface area contributed by atoms with Crippen molar-refractivity contribution in [3.05, 3.63) is 65.5 Å². The number of rotatable bonds is 5. The molecule has 0 heterocycles. The Labute approximate surface area is 128 Å². The molecule has 0 bridgehead atoms. The minimum Gasteiger partial charge on any atom is -0.326 e. The van der Waals surface area contributed by atoms with E-state index >= 15 is 0 Å². The van der Waals surface area contributed by atoms with Gasteiger partial charge in [-0.15, -0.1) is 0 Å². The molecule has 0 saturated carbocycles. The number of halogens is 1. The SMILES string of the molecule is C[NH+](CC(=O)Nc1cccc(F)c1)Cc1ccc(C#N)cc1. The first-order valence-electron chi connectivity index (χ1n) is 6.92. The van der Waals surface area contributed by atoms with Crippen molar-refractivity contribution >= 4 is 11.6 Å². The van der Waals surface area contributed by atoms with Crippen LogP contribution in [-0.2, 0) is 11.3 Å². The molecular weight excluding hydrogens is 281 g/mol. The Morgan fingerprint density at radius 2 is 2.00 bits per heavy atom. The molecule has 1 atom stereocenters. The van der Waals surface area contributed by atoms with E-state index in [9.17, 15) is 9.18 Å². The van der Waals surface area contributed by atoms with Gasteiger partial charge in [0.15, 0.2) is 6.54 Å². The molecule has 0 aliphatic heterocycles. The number of hydrogen-bond donors (Lipinski definition) is 2. The highest BCUT2D eigenvalue weighted by atomic mass is 19.1. The fourth-order valence-electron chi connectivity index (χ4n) is 2.15. The van der Waals surface area contributed by atoms with Crippen LogP contribution in [0.5, 0.6) is 0 Å². The van der Waals surface area contributed by atoms with Crippen LogP contribution in [0.25, 0.3) is 0 Å². The molecule has 2 aromatic rings. The smallest absolute Gasteiger partial charge is 0.279 e. The summed E-state index contributed by atoms with van der Waals surface area (Å²) in [5.74, 6) is -0.548. The lowest BCUT2D eigenvalue weighted by Crippen LogP contribution is -3.08. The van der Waals surface area contributed by atoms with Crippen molar-refractivity contribution in [3.8, 4) is 6.07 Å². The highest BCUT2D eigenvalue weighted by Gasteiger charge is 2.11. The van der Waals surface area contributed by atoms with Crippen molar-refractivity contribution in [1.82, 2.24) is 0 Å². The van der Waals surface area contributed by atoms with E-state index in [-0.39, 0.29) is 18.3 Å². The summed E-state index contributed by atoms with van der Waals surface area (Å²) in [7, 11) is 1.91. The second kappa shape index (κ2) is 7.34. The quantitative estimate of drug-likeness (QED) is 0.875. The van der Waals surface area contributed by atoms with E-state index in [2.05, 4.69) is 11.4 Å². The maximum atomic E-state index is 13.1. The van der Waals surface area contributed by atoms with Gasteiger partial charge in [0.2, 0.25) is 0 Å². The lowest BCUT2D eigenvalue weighted by atomic mass is 10.1. The minimum absolute atomic E-state index is 0.170. The van der Waals surface area contributed by atoms with Crippen molar-refractivity contribution in [2.24, 2.45) is 0 Å². The Kier molecular flexibility index (Phi) is 5.23. The summed E-state index contributed by atoms with van der Waals surface area (Å²) in [6.07, 6.45) is 0. The first-order chi connectivity index (χ1) is 10.6. The minimum atomic E-state index is -0.379. The molecule has 0 aliphatic rings. The molecule has 0 radical (unpaired) electrons. The summed E-state index contributed by atoms with van der Waals surface area (Å²) < 4.78 is 13.1. The summed E-state index contributed by atoms with van der Waals surface area (Å²) in [6, 6.07) is 15.2.